The lowest BCUT2D eigenvalue weighted by Crippen LogP contribution is -2.19. The zero-order valence-electron chi connectivity index (χ0n) is 11.4. The Morgan fingerprint density at radius 2 is 2.00 bits per heavy atom. The van der Waals surface area contributed by atoms with Crippen molar-refractivity contribution in [2.75, 3.05) is 0 Å². The van der Waals surface area contributed by atoms with Crippen LogP contribution in [0.3, 0.4) is 0 Å². The molecule has 1 aliphatic rings. The molecule has 1 atom stereocenters. The lowest BCUT2D eigenvalue weighted by Gasteiger charge is -2.15. The molecule has 0 amide bonds. The van der Waals surface area contributed by atoms with E-state index in [-0.39, 0.29) is 11.9 Å². The van der Waals surface area contributed by atoms with E-state index < -0.39 is 5.82 Å². The van der Waals surface area contributed by atoms with Gasteiger partial charge in [0.25, 0.3) is 0 Å². The molecule has 3 heteroatoms. The minimum Gasteiger partial charge on any atom is -0.306 e. The summed E-state index contributed by atoms with van der Waals surface area (Å²) in [5.41, 5.74) is 4.26. The molecule has 3 rings (SSSR count). The summed E-state index contributed by atoms with van der Waals surface area (Å²) in [4.78, 5) is 0. The Kier molecular flexibility index (Phi) is 3.53. The fourth-order valence-corrected chi connectivity index (χ4v) is 2.85. The van der Waals surface area contributed by atoms with Crippen LogP contribution in [0.2, 0.25) is 0 Å². The highest BCUT2D eigenvalue weighted by Crippen LogP contribution is 2.32. The van der Waals surface area contributed by atoms with Gasteiger partial charge in [0.1, 0.15) is 11.6 Å². The van der Waals surface area contributed by atoms with Gasteiger partial charge in [0, 0.05) is 18.2 Å². The summed E-state index contributed by atoms with van der Waals surface area (Å²) in [5.74, 6) is -0.757. The lowest BCUT2D eigenvalue weighted by atomic mass is 10.0. The molecule has 0 heterocycles. The molecule has 0 fully saturated rings. The summed E-state index contributed by atoms with van der Waals surface area (Å²) in [6, 6.07) is 10.3. The first-order valence-electron chi connectivity index (χ1n) is 6.90. The minimum atomic E-state index is -0.397. The Labute approximate surface area is 117 Å². The summed E-state index contributed by atoms with van der Waals surface area (Å²) in [6.45, 7) is 2.42. The van der Waals surface area contributed by atoms with Gasteiger partial charge in [0.2, 0.25) is 0 Å². The summed E-state index contributed by atoms with van der Waals surface area (Å²) in [6.07, 6.45) is 2.05. The molecule has 0 aliphatic heterocycles. The third kappa shape index (κ3) is 2.59. The Morgan fingerprint density at radius 1 is 1.15 bits per heavy atom. The number of hydrogen-bond acceptors (Lipinski definition) is 1. The third-order valence-corrected chi connectivity index (χ3v) is 3.93. The smallest absolute Gasteiger partial charge is 0.127 e. The van der Waals surface area contributed by atoms with Gasteiger partial charge in [-0.15, -0.1) is 0 Å². The van der Waals surface area contributed by atoms with Crippen LogP contribution >= 0.6 is 0 Å². The van der Waals surface area contributed by atoms with E-state index in [0.29, 0.717) is 12.1 Å². The average molecular weight is 273 g/mol. The molecule has 1 unspecified atom stereocenters. The molecule has 1 N–H and O–H groups in total. The van der Waals surface area contributed by atoms with Gasteiger partial charge in [0.05, 0.1) is 0 Å². The van der Waals surface area contributed by atoms with E-state index >= 15 is 0 Å². The van der Waals surface area contributed by atoms with Gasteiger partial charge in [-0.1, -0.05) is 23.8 Å². The second-order valence-electron chi connectivity index (χ2n) is 5.41. The minimum absolute atomic E-state index is 0.229. The van der Waals surface area contributed by atoms with Crippen molar-refractivity contribution >= 4 is 0 Å². The van der Waals surface area contributed by atoms with Crippen LogP contribution < -0.4 is 5.32 Å². The van der Waals surface area contributed by atoms with Crippen molar-refractivity contribution in [3.8, 4) is 0 Å². The number of halogens is 2. The van der Waals surface area contributed by atoms with E-state index in [2.05, 4.69) is 30.4 Å². The molecule has 1 aliphatic carbocycles. The molecular weight excluding hydrogens is 256 g/mol. The number of fused-ring (bicyclic) bond motifs is 1. The number of aryl methyl sites for hydroxylation is 2. The largest absolute Gasteiger partial charge is 0.306 e. The van der Waals surface area contributed by atoms with E-state index in [9.17, 15) is 8.78 Å². The molecule has 0 bridgehead atoms. The van der Waals surface area contributed by atoms with Crippen molar-refractivity contribution in [1.82, 2.24) is 5.32 Å². The zero-order valence-corrected chi connectivity index (χ0v) is 11.4. The maximum atomic E-state index is 13.6. The number of hydrogen-bond donors (Lipinski definition) is 1. The quantitative estimate of drug-likeness (QED) is 0.889. The topological polar surface area (TPSA) is 12.0 Å². The lowest BCUT2D eigenvalue weighted by molar-refractivity contribution is 0.509. The maximum Gasteiger partial charge on any atom is 0.127 e. The van der Waals surface area contributed by atoms with Gasteiger partial charge in [-0.05, 0) is 49.1 Å². The van der Waals surface area contributed by atoms with Crippen molar-refractivity contribution in [1.29, 1.82) is 0 Å². The molecule has 104 valence electrons. The predicted octanol–water partition coefficient (Wildman–Crippen LogP) is 4.05. The summed E-state index contributed by atoms with van der Waals surface area (Å²) in [5, 5.41) is 3.34. The van der Waals surface area contributed by atoms with E-state index in [1.807, 2.05) is 0 Å². The first kappa shape index (κ1) is 13.3. The van der Waals surface area contributed by atoms with Crippen LogP contribution in [0.5, 0.6) is 0 Å². The predicted molar refractivity (Wildman–Crippen MR) is 75.4 cm³/mol. The first-order valence-corrected chi connectivity index (χ1v) is 6.90. The summed E-state index contributed by atoms with van der Waals surface area (Å²) < 4.78 is 26.7. The van der Waals surface area contributed by atoms with Crippen molar-refractivity contribution in [3.05, 3.63) is 70.3 Å². The molecule has 0 spiro atoms. The van der Waals surface area contributed by atoms with Crippen molar-refractivity contribution in [2.45, 2.75) is 32.4 Å². The summed E-state index contributed by atoms with van der Waals surface area (Å²) in [7, 11) is 0. The van der Waals surface area contributed by atoms with Crippen LogP contribution in [0, 0.1) is 18.6 Å². The molecule has 2 aromatic rings. The molecule has 0 saturated carbocycles. The van der Waals surface area contributed by atoms with Crippen LogP contribution in [0.1, 0.15) is 34.7 Å². The summed E-state index contributed by atoms with van der Waals surface area (Å²) >= 11 is 0. The van der Waals surface area contributed by atoms with Crippen LogP contribution in [-0.2, 0) is 13.0 Å². The number of rotatable bonds is 3. The van der Waals surface area contributed by atoms with Gasteiger partial charge in [-0.3, -0.25) is 0 Å². The van der Waals surface area contributed by atoms with Crippen LogP contribution in [0.15, 0.2) is 36.4 Å². The fourth-order valence-electron chi connectivity index (χ4n) is 2.85. The second kappa shape index (κ2) is 5.33. The van der Waals surface area contributed by atoms with Crippen molar-refractivity contribution in [3.63, 3.8) is 0 Å². The Morgan fingerprint density at radius 3 is 2.85 bits per heavy atom. The Bertz CT molecular complexity index is 637. The molecular formula is C17H17F2N. The highest BCUT2D eigenvalue weighted by atomic mass is 19.1. The maximum absolute atomic E-state index is 13.6. The molecule has 2 aromatic carbocycles. The molecule has 0 radical (unpaired) electrons. The molecule has 20 heavy (non-hydrogen) atoms. The third-order valence-electron chi connectivity index (χ3n) is 3.93. The van der Waals surface area contributed by atoms with Gasteiger partial charge >= 0.3 is 0 Å². The normalized spacial score (nSPS) is 17.2. The van der Waals surface area contributed by atoms with Gasteiger partial charge in [-0.25, -0.2) is 8.78 Å². The highest BCUT2D eigenvalue weighted by molar-refractivity contribution is 5.37. The van der Waals surface area contributed by atoms with E-state index in [0.717, 1.165) is 18.9 Å². The molecule has 0 aromatic heterocycles. The van der Waals surface area contributed by atoms with E-state index in [1.165, 1.54) is 28.8 Å². The average Bonchev–Trinajstić information content (AvgIpc) is 2.82. The van der Waals surface area contributed by atoms with Crippen LogP contribution in [0.25, 0.3) is 0 Å². The van der Waals surface area contributed by atoms with E-state index in [4.69, 9.17) is 0 Å². The Balaban J connectivity index is 1.75. The number of benzene rings is 2. The standard InChI is InChI=1S/C17H17F2N/c1-11-2-3-12-4-7-17(15(12)8-11)20-10-13-9-14(18)5-6-16(13)19/h2-3,5-6,8-9,17,20H,4,7,10H2,1H3. The number of nitrogens with one attached hydrogen (secondary N) is 1. The monoisotopic (exact) mass is 273 g/mol. The van der Waals surface area contributed by atoms with Gasteiger partial charge < -0.3 is 5.32 Å². The fraction of sp³-hybridized carbons (Fsp3) is 0.294. The highest BCUT2D eigenvalue weighted by Gasteiger charge is 2.22. The SMILES string of the molecule is Cc1ccc2c(c1)C(NCc1cc(F)ccc1F)CC2. The van der Waals surface area contributed by atoms with E-state index in [1.54, 1.807) is 0 Å². The van der Waals surface area contributed by atoms with Gasteiger partial charge in [0.15, 0.2) is 0 Å². The molecule has 0 saturated heterocycles. The van der Waals surface area contributed by atoms with Crippen molar-refractivity contribution < 1.29 is 8.78 Å². The zero-order chi connectivity index (χ0) is 14.1. The van der Waals surface area contributed by atoms with Crippen LogP contribution in [-0.4, -0.2) is 0 Å². The van der Waals surface area contributed by atoms with Gasteiger partial charge in [-0.2, -0.15) is 0 Å². The molecule has 1 nitrogen and oxygen atoms in total. The first-order chi connectivity index (χ1) is 9.63. The van der Waals surface area contributed by atoms with Crippen LogP contribution in [0.4, 0.5) is 8.78 Å². The second-order valence-corrected chi connectivity index (χ2v) is 5.41. The Hall–Kier alpha value is -1.74. The van der Waals surface area contributed by atoms with Crippen molar-refractivity contribution in [2.24, 2.45) is 0 Å².